The summed E-state index contributed by atoms with van der Waals surface area (Å²) < 4.78 is 0. The summed E-state index contributed by atoms with van der Waals surface area (Å²) in [6.45, 7) is 15.4. The van der Waals surface area contributed by atoms with Gasteiger partial charge < -0.3 is 10.6 Å². The van der Waals surface area contributed by atoms with E-state index in [1.807, 2.05) is 32.6 Å². The lowest BCUT2D eigenvalue weighted by molar-refractivity contribution is -0.164. The number of hydrogen-bond acceptors (Lipinski definition) is 3. The lowest BCUT2D eigenvalue weighted by Crippen LogP contribution is -2.74. The predicted molar refractivity (Wildman–Crippen MR) is 84.6 cm³/mol. The maximum Gasteiger partial charge on any atom is 0.242 e. The maximum atomic E-state index is 12.9. The zero-order valence-corrected chi connectivity index (χ0v) is 14.6. The molecule has 0 saturated carbocycles. The van der Waals surface area contributed by atoms with Gasteiger partial charge in [0.2, 0.25) is 5.91 Å². The molecule has 0 bridgehead atoms. The Bertz CT molecular complexity index is 372. The molecule has 2 N–H and O–H groups in total. The highest BCUT2D eigenvalue weighted by molar-refractivity contribution is 5.87. The molecule has 1 aliphatic rings. The minimum atomic E-state index is -0.484. The molecule has 0 aliphatic carbocycles. The summed E-state index contributed by atoms with van der Waals surface area (Å²) in [4.78, 5) is 17.2. The van der Waals surface area contributed by atoms with E-state index in [1.54, 1.807) is 0 Å². The molecular weight excluding hydrogens is 250 g/mol. The third-order valence-corrected chi connectivity index (χ3v) is 5.33. The molecule has 20 heavy (non-hydrogen) atoms. The molecule has 1 amide bonds. The zero-order chi connectivity index (χ0) is 15.9. The fourth-order valence-corrected chi connectivity index (χ4v) is 3.46. The predicted octanol–water partition coefficient (Wildman–Crippen LogP) is 2.22. The van der Waals surface area contributed by atoms with E-state index in [-0.39, 0.29) is 23.0 Å². The van der Waals surface area contributed by atoms with Crippen LogP contribution in [0, 0.1) is 0 Å². The van der Waals surface area contributed by atoms with Crippen LogP contribution in [0.3, 0.4) is 0 Å². The molecule has 0 aromatic heterocycles. The number of carbonyl (C=O) groups excluding carboxylic acids is 1. The third-order valence-electron chi connectivity index (χ3n) is 5.33. The normalized spacial score (nSPS) is 29.6. The Morgan fingerprint density at radius 1 is 1.30 bits per heavy atom. The first-order valence-corrected chi connectivity index (χ1v) is 7.75. The molecule has 2 atom stereocenters. The Hall–Kier alpha value is -0.610. The molecule has 0 aromatic rings. The van der Waals surface area contributed by atoms with E-state index in [2.05, 4.69) is 32.7 Å². The number of likely N-dealkylation sites (N-methyl/N-ethyl adjacent to an activating group) is 1. The van der Waals surface area contributed by atoms with Gasteiger partial charge in [-0.25, -0.2) is 0 Å². The van der Waals surface area contributed by atoms with Crippen molar-refractivity contribution in [1.82, 2.24) is 9.80 Å². The average Bonchev–Trinajstić information content (AvgIpc) is 2.33. The van der Waals surface area contributed by atoms with Crippen LogP contribution in [0.25, 0.3) is 0 Å². The second-order valence-electron chi connectivity index (χ2n) is 7.65. The highest BCUT2D eigenvalue weighted by Crippen LogP contribution is 2.36. The lowest BCUT2D eigenvalue weighted by Gasteiger charge is -2.57. The van der Waals surface area contributed by atoms with Crippen molar-refractivity contribution >= 4 is 5.91 Å². The molecule has 0 aromatic carbocycles. The van der Waals surface area contributed by atoms with Crippen LogP contribution in [0.2, 0.25) is 0 Å². The van der Waals surface area contributed by atoms with Crippen LogP contribution in [-0.2, 0) is 4.79 Å². The first-order chi connectivity index (χ1) is 8.91. The molecule has 118 valence electrons. The van der Waals surface area contributed by atoms with E-state index in [0.29, 0.717) is 0 Å². The smallest absolute Gasteiger partial charge is 0.242 e. The van der Waals surface area contributed by atoms with Gasteiger partial charge in [0.25, 0.3) is 0 Å². The van der Waals surface area contributed by atoms with Gasteiger partial charge in [-0.2, -0.15) is 0 Å². The Kier molecular flexibility index (Phi) is 4.62. The number of carbonyl (C=O) groups is 1. The van der Waals surface area contributed by atoms with Crippen molar-refractivity contribution in [3.63, 3.8) is 0 Å². The number of amides is 1. The topological polar surface area (TPSA) is 49.6 Å². The van der Waals surface area contributed by atoms with Crippen LogP contribution in [0.15, 0.2) is 0 Å². The van der Waals surface area contributed by atoms with Crippen LogP contribution in [0.1, 0.15) is 61.3 Å². The van der Waals surface area contributed by atoms with Crippen molar-refractivity contribution in [2.45, 2.75) is 84.0 Å². The Morgan fingerprint density at radius 2 is 1.80 bits per heavy atom. The fourth-order valence-electron chi connectivity index (χ4n) is 3.46. The van der Waals surface area contributed by atoms with Gasteiger partial charge in [-0.3, -0.25) is 9.69 Å². The van der Waals surface area contributed by atoms with E-state index >= 15 is 0 Å². The Morgan fingerprint density at radius 3 is 2.15 bits per heavy atom. The molecule has 1 heterocycles. The van der Waals surface area contributed by atoms with Crippen LogP contribution >= 0.6 is 0 Å². The summed E-state index contributed by atoms with van der Waals surface area (Å²) in [6.07, 6.45) is 1.90. The van der Waals surface area contributed by atoms with Crippen molar-refractivity contribution in [2.75, 3.05) is 13.6 Å². The molecule has 1 aliphatic heterocycles. The van der Waals surface area contributed by atoms with E-state index in [9.17, 15) is 4.79 Å². The number of rotatable bonds is 4. The van der Waals surface area contributed by atoms with E-state index in [1.165, 1.54) is 0 Å². The highest BCUT2D eigenvalue weighted by Gasteiger charge is 2.52. The summed E-state index contributed by atoms with van der Waals surface area (Å²) >= 11 is 0. The minimum absolute atomic E-state index is 0.00389. The van der Waals surface area contributed by atoms with Crippen LogP contribution in [0.4, 0.5) is 0 Å². The van der Waals surface area contributed by atoms with Gasteiger partial charge in [-0.15, -0.1) is 0 Å². The van der Waals surface area contributed by atoms with Crippen LogP contribution in [-0.4, -0.2) is 52.0 Å². The summed E-state index contributed by atoms with van der Waals surface area (Å²) in [5, 5.41) is 0. The van der Waals surface area contributed by atoms with Gasteiger partial charge in [0.1, 0.15) is 0 Å². The van der Waals surface area contributed by atoms with E-state index in [4.69, 9.17) is 5.73 Å². The lowest BCUT2D eigenvalue weighted by atomic mass is 9.81. The molecule has 0 spiro atoms. The van der Waals surface area contributed by atoms with Crippen molar-refractivity contribution in [2.24, 2.45) is 5.73 Å². The fraction of sp³-hybridized carbons (Fsp3) is 0.938. The van der Waals surface area contributed by atoms with Gasteiger partial charge in [0, 0.05) is 23.7 Å². The summed E-state index contributed by atoms with van der Waals surface area (Å²) in [6, 6.07) is 0.0776. The van der Waals surface area contributed by atoms with Crippen LogP contribution in [0.5, 0.6) is 0 Å². The number of nitrogens with two attached hydrogens (primary N) is 1. The molecule has 0 radical (unpaired) electrons. The second kappa shape index (κ2) is 5.30. The first kappa shape index (κ1) is 17.4. The van der Waals surface area contributed by atoms with E-state index in [0.717, 1.165) is 19.4 Å². The van der Waals surface area contributed by atoms with Crippen molar-refractivity contribution in [1.29, 1.82) is 0 Å². The number of piperazine rings is 1. The maximum absolute atomic E-state index is 12.9. The summed E-state index contributed by atoms with van der Waals surface area (Å²) in [5.41, 5.74) is 5.46. The van der Waals surface area contributed by atoms with Gasteiger partial charge in [-0.1, -0.05) is 13.8 Å². The zero-order valence-electron chi connectivity index (χ0n) is 14.6. The molecule has 1 rings (SSSR count). The highest BCUT2D eigenvalue weighted by atomic mass is 16.2. The second-order valence-corrected chi connectivity index (χ2v) is 7.65. The van der Waals surface area contributed by atoms with Gasteiger partial charge in [0.05, 0.1) is 5.54 Å². The SMILES string of the molecule is CCC(N1CC(C)(CC)N(C)C(C)(C)C1=O)C(C)(C)N. The van der Waals surface area contributed by atoms with Crippen molar-refractivity contribution < 1.29 is 4.79 Å². The molecule has 1 fully saturated rings. The molecular formula is C16H33N3O. The third kappa shape index (κ3) is 2.73. The number of hydrogen-bond donors (Lipinski definition) is 1. The summed E-state index contributed by atoms with van der Waals surface area (Å²) in [5.74, 6) is 0.191. The van der Waals surface area contributed by atoms with Gasteiger partial charge in [-0.05, 0) is 54.5 Å². The molecule has 4 heteroatoms. The molecule has 2 unspecified atom stereocenters. The first-order valence-electron chi connectivity index (χ1n) is 7.75. The van der Waals surface area contributed by atoms with Crippen molar-refractivity contribution in [3.8, 4) is 0 Å². The molecule has 1 saturated heterocycles. The largest absolute Gasteiger partial charge is 0.334 e. The quantitative estimate of drug-likeness (QED) is 0.860. The molecule has 4 nitrogen and oxygen atoms in total. The Labute approximate surface area is 124 Å². The van der Waals surface area contributed by atoms with E-state index < -0.39 is 5.54 Å². The van der Waals surface area contributed by atoms with Crippen LogP contribution < -0.4 is 5.73 Å². The minimum Gasteiger partial charge on any atom is -0.334 e. The average molecular weight is 283 g/mol. The number of nitrogens with zero attached hydrogens (tertiary/aromatic N) is 2. The van der Waals surface area contributed by atoms with Crippen molar-refractivity contribution in [3.05, 3.63) is 0 Å². The monoisotopic (exact) mass is 283 g/mol. The summed E-state index contributed by atoms with van der Waals surface area (Å²) in [7, 11) is 2.06. The van der Waals surface area contributed by atoms with Gasteiger partial charge >= 0.3 is 0 Å². The standard InChI is InChI=1S/C16H33N3O/c1-9-12(14(3,4)17)19-11-16(7,10-2)18(8)15(5,6)13(19)20/h12H,9-11,17H2,1-8H3. The van der Waals surface area contributed by atoms with Gasteiger partial charge in [0.15, 0.2) is 0 Å². The Balaban J connectivity index is 3.24.